The summed E-state index contributed by atoms with van der Waals surface area (Å²) in [7, 11) is 0. The van der Waals surface area contributed by atoms with Gasteiger partial charge in [-0.1, -0.05) is 18.2 Å². The van der Waals surface area contributed by atoms with E-state index in [0.717, 1.165) is 35.5 Å². The van der Waals surface area contributed by atoms with Gasteiger partial charge in [0.1, 0.15) is 18.7 Å². The molecule has 1 aromatic heterocycles. The molecular formula is C10H12F3N3OS. The van der Waals surface area contributed by atoms with Gasteiger partial charge in [-0.2, -0.15) is 13.2 Å². The summed E-state index contributed by atoms with van der Waals surface area (Å²) >= 11 is 1.09. The van der Waals surface area contributed by atoms with Crippen molar-refractivity contribution in [2.24, 2.45) is 0 Å². The van der Waals surface area contributed by atoms with Gasteiger partial charge in [0.05, 0.1) is 5.25 Å². The van der Waals surface area contributed by atoms with E-state index in [1.54, 1.807) is 0 Å². The minimum absolute atomic E-state index is 0.0906. The maximum absolute atomic E-state index is 12.3. The number of carbonyl (C=O) groups excluding carboxylic acids is 1. The van der Waals surface area contributed by atoms with Crippen molar-refractivity contribution in [3.63, 3.8) is 0 Å². The molecule has 4 nitrogen and oxygen atoms in total. The molecule has 1 unspecified atom stereocenters. The van der Waals surface area contributed by atoms with Gasteiger partial charge in [0, 0.05) is 6.42 Å². The third kappa shape index (κ3) is 3.47. The van der Waals surface area contributed by atoms with Gasteiger partial charge >= 0.3 is 6.18 Å². The number of thioether (sulfide) groups is 1. The minimum atomic E-state index is -4.31. The van der Waals surface area contributed by atoms with Crippen molar-refractivity contribution >= 4 is 17.5 Å². The SMILES string of the molecule is O=C1CCCCC1Sc1nncn1CC(F)(F)F. The number of halogens is 3. The second-order valence-corrected chi connectivity index (χ2v) is 5.35. The van der Waals surface area contributed by atoms with Crippen molar-refractivity contribution in [1.82, 2.24) is 14.8 Å². The van der Waals surface area contributed by atoms with Crippen LogP contribution in [0.25, 0.3) is 0 Å². The van der Waals surface area contributed by atoms with E-state index in [4.69, 9.17) is 0 Å². The highest BCUT2D eigenvalue weighted by Crippen LogP contribution is 2.31. The Morgan fingerprint density at radius 2 is 2.22 bits per heavy atom. The molecule has 0 radical (unpaired) electrons. The zero-order valence-corrected chi connectivity index (χ0v) is 10.3. The highest BCUT2D eigenvalue weighted by atomic mass is 32.2. The summed E-state index contributed by atoms with van der Waals surface area (Å²) in [4.78, 5) is 11.6. The van der Waals surface area contributed by atoms with E-state index in [1.165, 1.54) is 0 Å². The Morgan fingerprint density at radius 1 is 1.44 bits per heavy atom. The van der Waals surface area contributed by atoms with Crippen LogP contribution in [-0.4, -0.2) is 32.0 Å². The number of alkyl halides is 3. The molecule has 0 bridgehead atoms. The van der Waals surface area contributed by atoms with E-state index >= 15 is 0 Å². The van der Waals surface area contributed by atoms with E-state index in [9.17, 15) is 18.0 Å². The average Bonchev–Trinajstić information content (AvgIpc) is 2.67. The monoisotopic (exact) mass is 279 g/mol. The molecule has 1 aliphatic carbocycles. The molecule has 1 aliphatic rings. The summed E-state index contributed by atoms with van der Waals surface area (Å²) in [5.74, 6) is 0.0906. The predicted octanol–water partition coefficient (Wildman–Crippen LogP) is 2.44. The largest absolute Gasteiger partial charge is 0.406 e. The molecule has 2 rings (SSSR count). The molecule has 1 saturated carbocycles. The average molecular weight is 279 g/mol. The molecular weight excluding hydrogens is 267 g/mol. The third-order valence-electron chi connectivity index (χ3n) is 2.68. The fourth-order valence-corrected chi connectivity index (χ4v) is 2.97. The number of nitrogens with zero attached hydrogens (tertiary/aromatic N) is 3. The predicted molar refractivity (Wildman–Crippen MR) is 59.2 cm³/mol. The highest BCUT2D eigenvalue weighted by Gasteiger charge is 2.31. The topological polar surface area (TPSA) is 47.8 Å². The maximum atomic E-state index is 12.3. The molecule has 100 valence electrons. The molecule has 0 spiro atoms. The summed E-state index contributed by atoms with van der Waals surface area (Å²) in [6, 6.07) is 0. The number of Topliss-reactive ketones (excluding diaryl/α,β-unsaturated/α-hetero) is 1. The molecule has 1 atom stereocenters. The van der Waals surface area contributed by atoms with Crippen LogP contribution < -0.4 is 0 Å². The van der Waals surface area contributed by atoms with E-state index in [2.05, 4.69) is 10.2 Å². The highest BCUT2D eigenvalue weighted by molar-refractivity contribution is 8.00. The number of carbonyl (C=O) groups is 1. The van der Waals surface area contributed by atoms with Gasteiger partial charge in [0.2, 0.25) is 0 Å². The molecule has 0 amide bonds. The summed E-state index contributed by atoms with van der Waals surface area (Å²) in [5, 5.41) is 7.01. The van der Waals surface area contributed by atoms with E-state index in [0.29, 0.717) is 12.8 Å². The first-order valence-electron chi connectivity index (χ1n) is 5.59. The lowest BCUT2D eigenvalue weighted by atomic mass is 9.99. The number of hydrogen-bond acceptors (Lipinski definition) is 4. The molecule has 18 heavy (non-hydrogen) atoms. The first kappa shape index (κ1) is 13.4. The lowest BCUT2D eigenvalue weighted by molar-refractivity contribution is -0.142. The normalized spacial score (nSPS) is 21.3. The summed E-state index contributed by atoms with van der Waals surface area (Å²) in [6.07, 6.45) is -0.271. The lowest BCUT2D eigenvalue weighted by Gasteiger charge is -2.19. The Morgan fingerprint density at radius 3 is 2.89 bits per heavy atom. The Kier molecular flexibility index (Phi) is 3.94. The Balaban J connectivity index is 2.05. The van der Waals surface area contributed by atoms with Crippen LogP contribution in [-0.2, 0) is 11.3 Å². The molecule has 0 saturated heterocycles. The summed E-state index contributed by atoms with van der Waals surface area (Å²) < 4.78 is 37.8. The van der Waals surface area contributed by atoms with Crippen molar-refractivity contribution in [3.05, 3.63) is 6.33 Å². The van der Waals surface area contributed by atoms with Gasteiger partial charge in [-0.3, -0.25) is 9.36 Å². The van der Waals surface area contributed by atoms with Crippen LogP contribution in [0.15, 0.2) is 11.5 Å². The van der Waals surface area contributed by atoms with Gasteiger partial charge in [-0.05, 0) is 12.8 Å². The number of rotatable bonds is 3. The van der Waals surface area contributed by atoms with Gasteiger partial charge in [0.15, 0.2) is 5.16 Å². The molecule has 1 aromatic rings. The quantitative estimate of drug-likeness (QED) is 0.852. The summed E-state index contributed by atoms with van der Waals surface area (Å²) in [6.45, 7) is -1.12. The minimum Gasteiger partial charge on any atom is -0.299 e. The van der Waals surface area contributed by atoms with Crippen LogP contribution in [0.3, 0.4) is 0 Å². The van der Waals surface area contributed by atoms with Crippen molar-refractivity contribution in [3.8, 4) is 0 Å². The standard InChI is InChI=1S/C10H12F3N3OS/c11-10(12,13)5-16-6-14-15-9(16)18-8-4-2-1-3-7(8)17/h6,8H,1-5H2. The third-order valence-corrected chi connectivity index (χ3v) is 3.99. The van der Waals surface area contributed by atoms with E-state index < -0.39 is 12.7 Å². The van der Waals surface area contributed by atoms with Crippen LogP contribution in [0.1, 0.15) is 25.7 Å². The lowest BCUT2D eigenvalue weighted by Crippen LogP contribution is -2.23. The molecule has 0 aromatic carbocycles. The Bertz CT molecular complexity index is 432. The van der Waals surface area contributed by atoms with Crippen molar-refractivity contribution in [1.29, 1.82) is 0 Å². The number of hydrogen-bond donors (Lipinski definition) is 0. The van der Waals surface area contributed by atoms with Crippen LogP contribution >= 0.6 is 11.8 Å². The van der Waals surface area contributed by atoms with E-state index in [-0.39, 0.29) is 16.2 Å². The van der Waals surface area contributed by atoms with Crippen molar-refractivity contribution < 1.29 is 18.0 Å². The van der Waals surface area contributed by atoms with Crippen molar-refractivity contribution in [2.75, 3.05) is 0 Å². The first-order valence-corrected chi connectivity index (χ1v) is 6.47. The van der Waals surface area contributed by atoms with Crippen LogP contribution in [0.4, 0.5) is 13.2 Å². The van der Waals surface area contributed by atoms with Gasteiger partial charge in [-0.15, -0.1) is 10.2 Å². The van der Waals surface area contributed by atoms with Gasteiger partial charge in [-0.25, -0.2) is 0 Å². The number of ketones is 1. The second kappa shape index (κ2) is 5.29. The molecule has 0 N–H and O–H groups in total. The van der Waals surface area contributed by atoms with Crippen LogP contribution in [0.2, 0.25) is 0 Å². The van der Waals surface area contributed by atoms with Gasteiger partial charge < -0.3 is 0 Å². The molecule has 0 aliphatic heterocycles. The zero-order valence-electron chi connectivity index (χ0n) is 9.48. The maximum Gasteiger partial charge on any atom is 0.406 e. The van der Waals surface area contributed by atoms with Crippen molar-refractivity contribution in [2.45, 2.75) is 48.8 Å². The Labute approximate surface area is 106 Å². The zero-order chi connectivity index (χ0) is 13.2. The molecule has 1 heterocycles. The smallest absolute Gasteiger partial charge is 0.299 e. The van der Waals surface area contributed by atoms with Crippen LogP contribution in [0.5, 0.6) is 0 Å². The molecule has 1 fully saturated rings. The number of aromatic nitrogens is 3. The van der Waals surface area contributed by atoms with E-state index in [1.807, 2.05) is 0 Å². The Hall–Kier alpha value is -1.05. The van der Waals surface area contributed by atoms with Gasteiger partial charge in [0.25, 0.3) is 0 Å². The first-order chi connectivity index (χ1) is 8.46. The fraction of sp³-hybridized carbons (Fsp3) is 0.700. The molecule has 8 heteroatoms. The van der Waals surface area contributed by atoms with Crippen LogP contribution in [0, 0.1) is 0 Å². The fourth-order valence-electron chi connectivity index (χ4n) is 1.84. The summed E-state index contributed by atoms with van der Waals surface area (Å²) in [5.41, 5.74) is 0. The second-order valence-electron chi connectivity index (χ2n) is 4.18.